The second kappa shape index (κ2) is 12.6. The molecule has 1 fully saturated rings. The van der Waals surface area contributed by atoms with Crippen LogP contribution in [0.1, 0.15) is 37.5 Å². The van der Waals surface area contributed by atoms with E-state index in [9.17, 15) is 35.9 Å². The fraction of sp³-hybridized carbons (Fsp3) is 0.259. The van der Waals surface area contributed by atoms with Gasteiger partial charge in [0.25, 0.3) is 11.8 Å². The topological polar surface area (TPSA) is 82.2 Å². The molecule has 1 aliphatic rings. The first kappa shape index (κ1) is 32.7. The maximum Gasteiger partial charge on any atom is 0.416 e. The molecule has 5 rings (SSSR count). The number of fused-ring (bicyclic) bond motifs is 1. The molecule has 7 nitrogen and oxygen atoms in total. The molecular weight excluding hydrogens is 611 g/mol. The fourth-order valence-corrected chi connectivity index (χ4v) is 4.85. The average molecular weight is 634 g/mol. The second-order valence-electron chi connectivity index (χ2n) is 9.35. The number of rotatable bonds is 4. The van der Waals surface area contributed by atoms with Gasteiger partial charge >= 0.3 is 12.4 Å². The highest BCUT2D eigenvalue weighted by Gasteiger charge is 2.39. The molecule has 0 radical (unpaired) electrons. The summed E-state index contributed by atoms with van der Waals surface area (Å²) in [6.07, 6.45) is -4.24. The summed E-state index contributed by atoms with van der Waals surface area (Å²) in [6.45, 7) is -0.141. The quantitative estimate of drug-likeness (QED) is 0.278. The molecule has 0 spiro atoms. The predicted octanol–water partition coefficient (Wildman–Crippen LogP) is 6.05. The molecule has 0 aliphatic carbocycles. The Morgan fingerprint density at radius 3 is 2.19 bits per heavy atom. The van der Waals surface area contributed by atoms with E-state index in [4.69, 9.17) is 0 Å². The number of alkyl halides is 6. The molecule has 15 heteroatoms. The van der Waals surface area contributed by atoms with E-state index >= 15 is 0 Å². The lowest BCUT2D eigenvalue weighted by atomic mass is 9.98. The van der Waals surface area contributed by atoms with E-state index in [0.717, 1.165) is 16.5 Å². The number of halogens is 8. The number of benzene rings is 2. The Kier molecular flexibility index (Phi) is 9.78. The minimum Gasteiger partial charge on any atom is -0.361 e. The molecule has 3 heterocycles. The molecule has 2 aromatic carbocycles. The zero-order valence-electron chi connectivity index (χ0n) is 21.4. The highest BCUT2D eigenvalue weighted by atomic mass is 35.5. The summed E-state index contributed by atoms with van der Waals surface area (Å²) in [4.78, 5) is 40.3. The van der Waals surface area contributed by atoms with Crippen LogP contribution in [-0.4, -0.2) is 62.2 Å². The minimum atomic E-state index is -5.10. The number of aromatic amines is 1. The summed E-state index contributed by atoms with van der Waals surface area (Å²) in [6, 6.07) is 7.41. The van der Waals surface area contributed by atoms with Crippen LogP contribution in [0.25, 0.3) is 10.9 Å². The Morgan fingerprint density at radius 1 is 0.905 bits per heavy atom. The van der Waals surface area contributed by atoms with Crippen molar-refractivity contribution in [1.82, 2.24) is 24.8 Å². The monoisotopic (exact) mass is 633 g/mol. The number of carbonyl (C=O) groups is 2. The van der Waals surface area contributed by atoms with Crippen LogP contribution >= 0.6 is 24.8 Å². The highest BCUT2D eigenvalue weighted by molar-refractivity contribution is 5.96. The minimum absolute atomic E-state index is 0. The summed E-state index contributed by atoms with van der Waals surface area (Å²) in [5.41, 5.74) is -2.23. The molecule has 2 aromatic heterocycles. The molecule has 1 N–H and O–H groups in total. The molecule has 0 saturated carbocycles. The van der Waals surface area contributed by atoms with Crippen LogP contribution in [0, 0.1) is 0 Å². The molecule has 1 aliphatic heterocycles. The number of hydrogen-bond acceptors (Lipinski definition) is 4. The lowest BCUT2D eigenvalue weighted by Gasteiger charge is -2.41. The fourth-order valence-electron chi connectivity index (χ4n) is 4.85. The van der Waals surface area contributed by atoms with Crippen LogP contribution in [0.15, 0.2) is 67.3 Å². The summed E-state index contributed by atoms with van der Waals surface area (Å²) in [5, 5.41) is 0.839. The number of carbonyl (C=O) groups excluding carboxylic acids is 2. The van der Waals surface area contributed by atoms with Gasteiger partial charge in [-0.25, -0.2) is 4.98 Å². The number of piperazine rings is 1. The van der Waals surface area contributed by atoms with E-state index in [1.54, 1.807) is 6.20 Å². The van der Waals surface area contributed by atoms with Gasteiger partial charge in [-0.15, -0.1) is 24.8 Å². The van der Waals surface area contributed by atoms with Crippen molar-refractivity contribution in [3.8, 4) is 0 Å². The number of H-pyrrole nitrogens is 1. The first-order chi connectivity index (χ1) is 18.9. The second-order valence-corrected chi connectivity index (χ2v) is 9.35. The molecule has 0 bridgehead atoms. The molecule has 1 atom stereocenters. The molecule has 0 unspecified atom stereocenters. The van der Waals surface area contributed by atoms with Gasteiger partial charge in [-0.1, -0.05) is 18.2 Å². The summed E-state index contributed by atoms with van der Waals surface area (Å²) in [5.74, 6) is -1.45. The molecule has 2 amide bonds. The van der Waals surface area contributed by atoms with E-state index in [1.807, 2.05) is 24.3 Å². The van der Waals surface area contributed by atoms with Gasteiger partial charge in [-0.05, 0) is 36.2 Å². The SMILES string of the molecule is Cl.Cl.O=C(c1cnccn1)N1CCN(C(=O)c2cc(C(F)(F)F)cc(C(F)(F)F)c2)[C@H](Cc2c[nH]c3ccccc23)C1. The van der Waals surface area contributed by atoms with Crippen molar-refractivity contribution in [3.63, 3.8) is 0 Å². The maximum atomic E-state index is 13.6. The van der Waals surface area contributed by atoms with Gasteiger partial charge < -0.3 is 14.8 Å². The summed E-state index contributed by atoms with van der Waals surface area (Å²) < 4.78 is 80.8. The van der Waals surface area contributed by atoms with Crippen molar-refractivity contribution in [1.29, 1.82) is 0 Å². The molecule has 4 aromatic rings. The normalized spacial score (nSPS) is 15.6. The van der Waals surface area contributed by atoms with Crippen LogP contribution in [0.3, 0.4) is 0 Å². The average Bonchev–Trinajstić information content (AvgIpc) is 3.34. The van der Waals surface area contributed by atoms with Gasteiger partial charge in [0.05, 0.1) is 23.4 Å². The number of amides is 2. The molecular formula is C27H23Cl2F6N5O2. The lowest BCUT2D eigenvalue weighted by molar-refractivity contribution is -0.143. The van der Waals surface area contributed by atoms with Crippen molar-refractivity contribution >= 4 is 47.5 Å². The third kappa shape index (κ3) is 6.79. The third-order valence-electron chi connectivity index (χ3n) is 6.78. The number of nitrogens with zero attached hydrogens (tertiary/aromatic N) is 4. The third-order valence-corrected chi connectivity index (χ3v) is 6.78. The first-order valence-corrected chi connectivity index (χ1v) is 12.1. The maximum absolute atomic E-state index is 13.6. The Hall–Kier alpha value is -3.84. The molecule has 1 saturated heterocycles. The number of hydrogen-bond donors (Lipinski definition) is 1. The van der Waals surface area contributed by atoms with E-state index in [-0.39, 0.29) is 62.6 Å². The van der Waals surface area contributed by atoms with Gasteiger partial charge in [0.1, 0.15) is 5.69 Å². The van der Waals surface area contributed by atoms with E-state index in [2.05, 4.69) is 15.0 Å². The van der Waals surface area contributed by atoms with Gasteiger partial charge in [0.15, 0.2) is 0 Å². The van der Waals surface area contributed by atoms with Gasteiger partial charge in [-0.3, -0.25) is 14.6 Å². The molecule has 42 heavy (non-hydrogen) atoms. The standard InChI is InChI=1S/C27H21F6N5O2.2ClH/c28-26(29,30)18-9-16(10-19(12-18)27(31,32)33)24(39)38-8-7-37(25(40)23-14-34-5-6-35-23)15-20(38)11-17-13-36-22-4-2-1-3-21(17)22;;/h1-6,9-10,12-14,20,36H,7-8,11,15H2;2*1H/t20-;;/m1../s1. The Labute approximate surface area is 247 Å². The summed E-state index contributed by atoms with van der Waals surface area (Å²) in [7, 11) is 0. The van der Waals surface area contributed by atoms with E-state index in [1.165, 1.54) is 28.4 Å². The predicted molar refractivity (Wildman–Crippen MR) is 146 cm³/mol. The van der Waals surface area contributed by atoms with Gasteiger partial charge in [0.2, 0.25) is 0 Å². The Balaban J connectivity index is 0.00000242. The van der Waals surface area contributed by atoms with Crippen molar-refractivity contribution in [2.45, 2.75) is 24.8 Å². The van der Waals surface area contributed by atoms with Gasteiger partial charge in [-0.2, -0.15) is 26.3 Å². The highest BCUT2D eigenvalue weighted by Crippen LogP contribution is 2.37. The smallest absolute Gasteiger partial charge is 0.361 e. The van der Waals surface area contributed by atoms with Gasteiger partial charge in [0, 0.05) is 54.7 Å². The van der Waals surface area contributed by atoms with Crippen LogP contribution in [0.2, 0.25) is 0 Å². The van der Waals surface area contributed by atoms with Crippen LogP contribution in [-0.2, 0) is 18.8 Å². The number of para-hydroxylation sites is 1. The largest absolute Gasteiger partial charge is 0.416 e. The zero-order valence-corrected chi connectivity index (χ0v) is 23.1. The van der Waals surface area contributed by atoms with E-state index in [0.29, 0.717) is 12.1 Å². The van der Waals surface area contributed by atoms with Crippen molar-refractivity contribution in [3.05, 3.63) is 95.2 Å². The van der Waals surface area contributed by atoms with Crippen molar-refractivity contribution in [2.24, 2.45) is 0 Å². The van der Waals surface area contributed by atoms with Crippen LogP contribution in [0.4, 0.5) is 26.3 Å². The van der Waals surface area contributed by atoms with Crippen molar-refractivity contribution < 1.29 is 35.9 Å². The number of nitrogens with one attached hydrogen (secondary N) is 1. The Bertz CT molecular complexity index is 1530. The van der Waals surface area contributed by atoms with Crippen molar-refractivity contribution in [2.75, 3.05) is 19.6 Å². The number of aromatic nitrogens is 3. The van der Waals surface area contributed by atoms with Crippen LogP contribution < -0.4 is 0 Å². The zero-order chi connectivity index (χ0) is 28.7. The Morgan fingerprint density at radius 2 is 1.57 bits per heavy atom. The summed E-state index contributed by atoms with van der Waals surface area (Å²) >= 11 is 0. The van der Waals surface area contributed by atoms with E-state index < -0.39 is 46.9 Å². The molecule has 224 valence electrons. The lowest BCUT2D eigenvalue weighted by Crippen LogP contribution is -2.57. The van der Waals surface area contributed by atoms with Crippen LogP contribution in [0.5, 0.6) is 0 Å². The first-order valence-electron chi connectivity index (χ1n) is 12.1.